The van der Waals surface area contributed by atoms with Gasteiger partial charge in [0, 0.05) is 37.1 Å². The van der Waals surface area contributed by atoms with Gasteiger partial charge in [0.25, 0.3) is 10.0 Å². The second-order valence-electron chi connectivity index (χ2n) is 6.01. The number of aromatic nitrogens is 3. The highest BCUT2D eigenvalue weighted by molar-refractivity contribution is 7.91. The molecule has 0 bridgehead atoms. The first-order valence-electron chi connectivity index (χ1n) is 7.42. The van der Waals surface area contributed by atoms with Crippen LogP contribution in [0, 0.1) is 19.8 Å². The molecule has 2 aromatic heterocycles. The molecule has 0 aliphatic carbocycles. The summed E-state index contributed by atoms with van der Waals surface area (Å²) in [6.45, 7) is 3.87. The molecule has 3 rings (SSSR count). The minimum atomic E-state index is -3.74. The first-order valence-corrected chi connectivity index (χ1v) is 9.68. The van der Waals surface area contributed by atoms with Gasteiger partial charge in [-0.15, -0.1) is 11.3 Å². The van der Waals surface area contributed by atoms with Gasteiger partial charge in [0.05, 0.1) is 17.8 Å². The highest BCUT2D eigenvalue weighted by Crippen LogP contribution is 2.36. The molecule has 1 aliphatic rings. The Morgan fingerprint density at radius 1 is 1.38 bits per heavy atom. The van der Waals surface area contributed by atoms with Gasteiger partial charge in [0.15, 0.2) is 0 Å². The Labute approximate surface area is 144 Å². The number of nitrogens with two attached hydrogens (primary N) is 1. The van der Waals surface area contributed by atoms with Gasteiger partial charge in [0.2, 0.25) is 10.2 Å². The van der Waals surface area contributed by atoms with Crippen molar-refractivity contribution in [3.8, 4) is 0 Å². The maximum atomic E-state index is 12.9. The second kappa shape index (κ2) is 5.94. The summed E-state index contributed by atoms with van der Waals surface area (Å²) in [6.07, 6.45) is 3.43. The molecule has 1 fully saturated rings. The van der Waals surface area contributed by atoms with Gasteiger partial charge in [-0.3, -0.25) is 9.48 Å². The van der Waals surface area contributed by atoms with Crippen LogP contribution < -0.4 is 5.73 Å². The maximum absolute atomic E-state index is 12.9. The molecule has 2 N–H and O–H groups in total. The highest BCUT2D eigenvalue weighted by Gasteiger charge is 2.44. The Bertz CT molecular complexity index is 867. The third kappa shape index (κ3) is 2.85. The zero-order chi connectivity index (χ0) is 17.6. The fourth-order valence-electron chi connectivity index (χ4n) is 2.89. The SMILES string of the molecule is Cc1nc(S(=O)(=O)N2C[C@H](C(N)=O)[C@@H](c3cnn(C)c3)C2)sc1C. The second-order valence-corrected chi connectivity index (χ2v) is 9.32. The van der Waals surface area contributed by atoms with Gasteiger partial charge in [-0.1, -0.05) is 0 Å². The molecular weight excluding hydrogens is 350 g/mol. The van der Waals surface area contributed by atoms with Crippen molar-refractivity contribution in [1.82, 2.24) is 19.1 Å². The van der Waals surface area contributed by atoms with E-state index in [1.807, 2.05) is 6.92 Å². The Morgan fingerprint density at radius 2 is 2.08 bits per heavy atom. The van der Waals surface area contributed by atoms with Crippen molar-refractivity contribution in [3.63, 3.8) is 0 Å². The largest absolute Gasteiger partial charge is 0.369 e. The third-order valence-electron chi connectivity index (χ3n) is 4.37. The number of nitrogens with zero attached hydrogens (tertiary/aromatic N) is 4. The van der Waals surface area contributed by atoms with E-state index in [0.717, 1.165) is 21.8 Å². The summed E-state index contributed by atoms with van der Waals surface area (Å²) in [7, 11) is -1.96. The predicted octanol–water partition coefficient (Wildman–Crippen LogP) is 0.383. The highest BCUT2D eigenvalue weighted by atomic mass is 32.2. The number of amides is 1. The lowest BCUT2D eigenvalue weighted by molar-refractivity contribution is -0.121. The molecule has 0 unspecified atom stereocenters. The molecule has 0 saturated carbocycles. The van der Waals surface area contributed by atoms with Gasteiger partial charge in [-0.2, -0.15) is 9.40 Å². The van der Waals surface area contributed by atoms with E-state index >= 15 is 0 Å². The van der Waals surface area contributed by atoms with E-state index in [4.69, 9.17) is 5.73 Å². The van der Waals surface area contributed by atoms with Crippen molar-refractivity contribution in [2.45, 2.75) is 24.1 Å². The Hall–Kier alpha value is -1.78. The van der Waals surface area contributed by atoms with Crippen molar-refractivity contribution < 1.29 is 13.2 Å². The summed E-state index contributed by atoms with van der Waals surface area (Å²) >= 11 is 1.15. The molecule has 0 aromatic carbocycles. The molecule has 0 spiro atoms. The van der Waals surface area contributed by atoms with Gasteiger partial charge < -0.3 is 5.73 Å². The van der Waals surface area contributed by atoms with Crippen LogP contribution in [0.25, 0.3) is 0 Å². The van der Waals surface area contributed by atoms with Gasteiger partial charge in [-0.05, 0) is 19.4 Å². The van der Waals surface area contributed by atoms with Crippen LogP contribution in [0.2, 0.25) is 0 Å². The standard InChI is InChI=1S/C14H19N5O3S2/c1-8-9(2)23-14(17-8)24(21,22)19-6-11(12(7-19)13(15)20)10-4-16-18(3)5-10/h4-5,11-12H,6-7H2,1-3H3,(H2,15,20)/t11-,12+/m1/s1. The average molecular weight is 369 g/mol. The summed E-state index contributed by atoms with van der Waals surface area (Å²) in [5, 5.41) is 4.10. The lowest BCUT2D eigenvalue weighted by atomic mass is 9.90. The summed E-state index contributed by atoms with van der Waals surface area (Å²) in [5.41, 5.74) is 7.02. The van der Waals surface area contributed by atoms with Crippen molar-refractivity contribution in [3.05, 3.63) is 28.5 Å². The van der Waals surface area contributed by atoms with Gasteiger partial charge >= 0.3 is 0 Å². The van der Waals surface area contributed by atoms with E-state index in [2.05, 4.69) is 10.1 Å². The lowest BCUT2D eigenvalue weighted by Gasteiger charge is -2.13. The number of hydrogen-bond acceptors (Lipinski definition) is 6. The molecule has 1 aliphatic heterocycles. The van der Waals surface area contributed by atoms with Gasteiger partial charge in [0.1, 0.15) is 0 Å². The first-order chi connectivity index (χ1) is 11.2. The number of hydrogen-bond donors (Lipinski definition) is 1. The number of thiazole rings is 1. The topological polar surface area (TPSA) is 111 Å². The average Bonchev–Trinajstić information content (AvgIpc) is 3.18. The number of primary amides is 1. The molecule has 2 atom stereocenters. The minimum absolute atomic E-state index is 0.0626. The van der Waals surface area contributed by atoms with Crippen LogP contribution in [0.5, 0.6) is 0 Å². The fraction of sp³-hybridized carbons (Fsp3) is 0.500. The number of sulfonamides is 1. The molecule has 1 amide bonds. The molecular formula is C14H19N5O3S2. The molecule has 130 valence electrons. The Balaban J connectivity index is 1.94. The maximum Gasteiger partial charge on any atom is 0.270 e. The first kappa shape index (κ1) is 17.1. The quantitative estimate of drug-likeness (QED) is 0.838. The summed E-state index contributed by atoms with van der Waals surface area (Å²) in [5.74, 6) is -1.38. The van der Waals surface area contributed by atoms with E-state index in [-0.39, 0.29) is 23.3 Å². The molecule has 2 aromatic rings. The third-order valence-corrected chi connectivity index (χ3v) is 7.63. The van der Waals surface area contributed by atoms with Crippen LogP contribution in [-0.4, -0.2) is 46.5 Å². The molecule has 0 radical (unpaired) electrons. The number of carbonyl (C=O) groups is 1. The normalized spacial score (nSPS) is 22.1. The minimum Gasteiger partial charge on any atom is -0.369 e. The smallest absolute Gasteiger partial charge is 0.270 e. The number of carbonyl (C=O) groups excluding carboxylic acids is 1. The summed E-state index contributed by atoms with van der Waals surface area (Å²) in [6, 6.07) is 0. The van der Waals surface area contributed by atoms with Crippen molar-refractivity contribution in [1.29, 1.82) is 0 Å². The van der Waals surface area contributed by atoms with E-state index < -0.39 is 21.8 Å². The molecule has 3 heterocycles. The zero-order valence-electron chi connectivity index (χ0n) is 13.6. The molecule has 1 saturated heterocycles. The Kier molecular flexibility index (Phi) is 4.22. The monoisotopic (exact) mass is 369 g/mol. The van der Waals surface area contributed by atoms with Crippen LogP contribution in [0.3, 0.4) is 0 Å². The number of rotatable bonds is 4. The summed E-state index contributed by atoms with van der Waals surface area (Å²) in [4.78, 5) is 16.8. The van der Waals surface area contributed by atoms with E-state index in [1.165, 1.54) is 4.31 Å². The van der Waals surface area contributed by atoms with E-state index in [0.29, 0.717) is 5.69 Å². The number of aryl methyl sites for hydroxylation is 3. The fourth-order valence-corrected chi connectivity index (χ4v) is 5.82. The predicted molar refractivity (Wildman–Crippen MR) is 89.0 cm³/mol. The van der Waals surface area contributed by atoms with Crippen LogP contribution >= 0.6 is 11.3 Å². The molecule has 8 nitrogen and oxygen atoms in total. The summed E-state index contributed by atoms with van der Waals surface area (Å²) < 4.78 is 28.7. The van der Waals surface area contributed by atoms with Crippen LogP contribution in [-0.2, 0) is 21.9 Å². The van der Waals surface area contributed by atoms with Crippen molar-refractivity contribution in [2.75, 3.05) is 13.1 Å². The Morgan fingerprint density at radius 3 is 2.58 bits per heavy atom. The van der Waals surface area contributed by atoms with E-state index in [1.54, 1.807) is 31.0 Å². The van der Waals surface area contributed by atoms with E-state index in [9.17, 15) is 13.2 Å². The van der Waals surface area contributed by atoms with Crippen LogP contribution in [0.15, 0.2) is 16.7 Å². The van der Waals surface area contributed by atoms with Gasteiger partial charge in [-0.25, -0.2) is 13.4 Å². The molecule has 24 heavy (non-hydrogen) atoms. The van der Waals surface area contributed by atoms with Crippen LogP contribution in [0.1, 0.15) is 22.1 Å². The van der Waals surface area contributed by atoms with Crippen molar-refractivity contribution >= 4 is 27.3 Å². The van der Waals surface area contributed by atoms with Crippen LogP contribution in [0.4, 0.5) is 0 Å². The van der Waals surface area contributed by atoms with Crippen molar-refractivity contribution in [2.24, 2.45) is 18.7 Å². The molecule has 10 heteroatoms. The lowest BCUT2D eigenvalue weighted by Crippen LogP contribution is -2.32. The zero-order valence-corrected chi connectivity index (χ0v) is 15.3.